The predicted octanol–water partition coefficient (Wildman–Crippen LogP) is 0.837. The Hall–Kier alpha value is -1.71. The molecule has 0 saturated carbocycles. The highest BCUT2D eigenvalue weighted by Crippen LogP contribution is 2.21. The van der Waals surface area contributed by atoms with Gasteiger partial charge in [-0.3, -0.25) is 4.57 Å². The molecule has 0 radical (unpaired) electrons. The lowest BCUT2D eigenvalue weighted by atomic mass is 10.3. The quantitative estimate of drug-likeness (QED) is 0.629. The third-order valence-electron chi connectivity index (χ3n) is 1.78. The van der Waals surface area contributed by atoms with Crippen LogP contribution in [0.15, 0.2) is 27.4 Å². The number of benzene rings is 1. The molecule has 0 amide bonds. The summed E-state index contributed by atoms with van der Waals surface area (Å²) >= 11 is 0. The molecule has 2 aromatic rings. The van der Waals surface area contributed by atoms with Gasteiger partial charge in [0, 0.05) is 7.05 Å². The van der Waals surface area contributed by atoms with E-state index in [1.54, 1.807) is 19.2 Å². The fourth-order valence-electron chi connectivity index (χ4n) is 1.18. The van der Waals surface area contributed by atoms with Gasteiger partial charge in [-0.15, -0.1) is 0 Å². The molecule has 0 spiro atoms. The Labute approximate surface area is 67.7 Å². The molecule has 0 aliphatic rings. The molecule has 2 rings (SSSR count). The number of aromatic nitrogens is 1. The summed E-state index contributed by atoms with van der Waals surface area (Å²) in [5, 5.41) is 9.35. The minimum Gasteiger partial charge on any atom is -0.506 e. The Morgan fingerprint density at radius 2 is 2.25 bits per heavy atom. The van der Waals surface area contributed by atoms with E-state index in [9.17, 15) is 9.90 Å². The van der Waals surface area contributed by atoms with Gasteiger partial charge in [0.1, 0.15) is 11.3 Å². The number of aryl methyl sites for hydroxylation is 1. The number of hydrogen-bond donors (Lipinski definition) is 1. The molecule has 0 aliphatic carbocycles. The molecule has 1 heterocycles. The van der Waals surface area contributed by atoms with Crippen molar-refractivity contribution in [1.29, 1.82) is 0 Å². The second kappa shape index (κ2) is 2.14. The monoisotopic (exact) mass is 165 g/mol. The van der Waals surface area contributed by atoms with Crippen LogP contribution in [-0.2, 0) is 7.05 Å². The maximum atomic E-state index is 11.0. The van der Waals surface area contributed by atoms with E-state index in [1.165, 1.54) is 10.6 Å². The van der Waals surface area contributed by atoms with Crippen molar-refractivity contribution in [3.63, 3.8) is 0 Å². The molecule has 0 saturated heterocycles. The highest BCUT2D eigenvalue weighted by Gasteiger charge is 2.08. The number of oxazole rings is 1. The van der Waals surface area contributed by atoms with Crippen molar-refractivity contribution in [2.24, 2.45) is 7.05 Å². The molecular formula is C8H7NO3. The van der Waals surface area contributed by atoms with Crippen molar-refractivity contribution in [3.8, 4) is 5.75 Å². The number of phenolic OH excluding ortho intramolecular Hbond substituents is 1. The number of para-hydroxylation sites is 1. The molecule has 0 fully saturated rings. The van der Waals surface area contributed by atoms with Crippen LogP contribution in [0.2, 0.25) is 0 Å². The topological polar surface area (TPSA) is 55.4 Å². The Morgan fingerprint density at radius 3 is 2.92 bits per heavy atom. The Balaban J connectivity index is 3.07. The van der Waals surface area contributed by atoms with Gasteiger partial charge in [0.15, 0.2) is 5.58 Å². The van der Waals surface area contributed by atoms with E-state index in [2.05, 4.69) is 0 Å². The number of fused-ring (bicyclic) bond motifs is 1. The number of nitrogens with zero attached hydrogens (tertiary/aromatic N) is 1. The minimum atomic E-state index is -0.466. The lowest BCUT2D eigenvalue weighted by Gasteiger charge is -1.93. The van der Waals surface area contributed by atoms with Gasteiger partial charge in [-0.1, -0.05) is 6.07 Å². The zero-order valence-corrected chi connectivity index (χ0v) is 6.44. The van der Waals surface area contributed by atoms with Gasteiger partial charge in [-0.05, 0) is 12.1 Å². The summed E-state index contributed by atoms with van der Waals surface area (Å²) in [5.41, 5.74) is 0.838. The average Bonchev–Trinajstić information content (AvgIpc) is 2.29. The molecule has 0 aliphatic heterocycles. The van der Waals surface area contributed by atoms with Gasteiger partial charge in [0.25, 0.3) is 0 Å². The first-order chi connectivity index (χ1) is 5.70. The second-order valence-corrected chi connectivity index (χ2v) is 2.55. The SMILES string of the molecule is Cn1c(=O)oc2cccc(O)c21. The van der Waals surface area contributed by atoms with Crippen LogP contribution < -0.4 is 5.76 Å². The van der Waals surface area contributed by atoms with Gasteiger partial charge < -0.3 is 9.52 Å². The van der Waals surface area contributed by atoms with Crippen LogP contribution in [0, 0.1) is 0 Å². The zero-order valence-electron chi connectivity index (χ0n) is 6.44. The lowest BCUT2D eigenvalue weighted by molar-refractivity contribution is 0.478. The van der Waals surface area contributed by atoms with Crippen LogP contribution in [0.1, 0.15) is 0 Å². The summed E-state index contributed by atoms with van der Waals surface area (Å²) in [4.78, 5) is 11.0. The van der Waals surface area contributed by atoms with Crippen molar-refractivity contribution < 1.29 is 9.52 Å². The molecule has 62 valence electrons. The van der Waals surface area contributed by atoms with Crippen LogP contribution in [-0.4, -0.2) is 9.67 Å². The van der Waals surface area contributed by atoms with Crippen molar-refractivity contribution in [2.45, 2.75) is 0 Å². The Bertz CT molecular complexity index is 480. The van der Waals surface area contributed by atoms with Crippen LogP contribution in [0.4, 0.5) is 0 Å². The minimum absolute atomic E-state index is 0.0563. The van der Waals surface area contributed by atoms with E-state index >= 15 is 0 Å². The van der Waals surface area contributed by atoms with E-state index in [1.807, 2.05) is 0 Å². The number of rotatable bonds is 0. The van der Waals surface area contributed by atoms with Crippen LogP contribution >= 0.6 is 0 Å². The van der Waals surface area contributed by atoms with Gasteiger partial charge in [-0.2, -0.15) is 0 Å². The third-order valence-corrected chi connectivity index (χ3v) is 1.78. The number of hydrogen-bond acceptors (Lipinski definition) is 3. The molecule has 1 aromatic carbocycles. The maximum absolute atomic E-state index is 11.0. The summed E-state index contributed by atoms with van der Waals surface area (Å²) < 4.78 is 6.10. The Kier molecular flexibility index (Phi) is 1.24. The second-order valence-electron chi connectivity index (χ2n) is 2.55. The van der Waals surface area contributed by atoms with Gasteiger partial charge in [0.05, 0.1) is 0 Å². The van der Waals surface area contributed by atoms with E-state index < -0.39 is 5.76 Å². The molecular weight excluding hydrogens is 158 g/mol. The van der Waals surface area contributed by atoms with Crippen LogP contribution in [0.5, 0.6) is 5.75 Å². The molecule has 1 aromatic heterocycles. The molecule has 12 heavy (non-hydrogen) atoms. The molecule has 4 nitrogen and oxygen atoms in total. The predicted molar refractivity (Wildman–Crippen MR) is 43.1 cm³/mol. The summed E-state index contributed by atoms with van der Waals surface area (Å²) in [7, 11) is 1.55. The highest BCUT2D eigenvalue weighted by atomic mass is 16.4. The van der Waals surface area contributed by atoms with Crippen molar-refractivity contribution in [2.75, 3.05) is 0 Å². The van der Waals surface area contributed by atoms with E-state index in [4.69, 9.17) is 4.42 Å². The van der Waals surface area contributed by atoms with Gasteiger partial charge in [0.2, 0.25) is 0 Å². The van der Waals surface area contributed by atoms with Crippen molar-refractivity contribution >= 4 is 11.1 Å². The van der Waals surface area contributed by atoms with Gasteiger partial charge in [-0.25, -0.2) is 4.79 Å². The van der Waals surface area contributed by atoms with E-state index in [0.29, 0.717) is 11.1 Å². The largest absolute Gasteiger partial charge is 0.506 e. The van der Waals surface area contributed by atoms with Crippen LogP contribution in [0.25, 0.3) is 11.1 Å². The standard InChI is InChI=1S/C8H7NO3/c1-9-7-5(10)3-2-4-6(7)12-8(9)11/h2-4,10H,1H3. The van der Waals surface area contributed by atoms with E-state index in [0.717, 1.165) is 0 Å². The molecule has 4 heteroatoms. The number of phenols is 1. The third kappa shape index (κ3) is 0.747. The van der Waals surface area contributed by atoms with E-state index in [-0.39, 0.29) is 5.75 Å². The summed E-state index contributed by atoms with van der Waals surface area (Å²) in [5.74, 6) is -0.410. The van der Waals surface area contributed by atoms with Crippen LogP contribution in [0.3, 0.4) is 0 Å². The molecule has 0 bridgehead atoms. The lowest BCUT2D eigenvalue weighted by Crippen LogP contribution is -2.08. The average molecular weight is 165 g/mol. The normalized spacial score (nSPS) is 10.8. The zero-order chi connectivity index (χ0) is 8.72. The maximum Gasteiger partial charge on any atom is 0.419 e. The van der Waals surface area contributed by atoms with Gasteiger partial charge >= 0.3 is 5.76 Å². The highest BCUT2D eigenvalue weighted by molar-refractivity contribution is 5.79. The fourth-order valence-corrected chi connectivity index (χ4v) is 1.18. The fraction of sp³-hybridized carbons (Fsp3) is 0.125. The first kappa shape index (κ1) is 6.97. The molecule has 0 atom stereocenters. The summed E-state index contributed by atoms with van der Waals surface area (Å²) in [6.45, 7) is 0. The first-order valence-corrected chi connectivity index (χ1v) is 3.47. The smallest absolute Gasteiger partial charge is 0.419 e. The molecule has 1 N–H and O–H groups in total. The Morgan fingerprint density at radius 1 is 1.50 bits per heavy atom. The first-order valence-electron chi connectivity index (χ1n) is 3.47. The van der Waals surface area contributed by atoms with Crippen molar-refractivity contribution in [1.82, 2.24) is 4.57 Å². The van der Waals surface area contributed by atoms with Crippen molar-refractivity contribution in [3.05, 3.63) is 28.7 Å². The summed E-state index contributed by atoms with van der Waals surface area (Å²) in [6.07, 6.45) is 0. The summed E-state index contributed by atoms with van der Waals surface area (Å²) in [6, 6.07) is 4.77. The molecule has 0 unspecified atom stereocenters. The number of aromatic hydroxyl groups is 1.